The van der Waals surface area contributed by atoms with Gasteiger partial charge in [0.25, 0.3) is 5.78 Å². The van der Waals surface area contributed by atoms with Gasteiger partial charge in [0.2, 0.25) is 0 Å². The largest absolute Gasteiger partial charge is 0.507 e. The molecule has 1 aliphatic rings. The van der Waals surface area contributed by atoms with Crippen LogP contribution >= 0.6 is 11.3 Å². The van der Waals surface area contributed by atoms with E-state index in [1.807, 2.05) is 36.4 Å². The van der Waals surface area contributed by atoms with Gasteiger partial charge in [-0.15, -0.1) is 0 Å². The molecule has 0 radical (unpaired) electrons. The molecule has 2 heterocycles. The molecule has 3 aromatic carbocycles. The molecule has 6 nitrogen and oxygen atoms in total. The lowest BCUT2D eigenvalue weighted by Gasteiger charge is -2.24. The van der Waals surface area contributed by atoms with Crippen LogP contribution in [0.3, 0.4) is 0 Å². The van der Waals surface area contributed by atoms with Crippen LogP contribution in [0.4, 0.5) is 5.13 Å². The first-order valence-corrected chi connectivity index (χ1v) is 10.8. The Kier molecular flexibility index (Phi) is 4.95. The number of rotatable bonds is 4. The van der Waals surface area contributed by atoms with Gasteiger partial charge in [-0.05, 0) is 18.2 Å². The van der Waals surface area contributed by atoms with Crippen molar-refractivity contribution in [2.24, 2.45) is 0 Å². The van der Waals surface area contributed by atoms with Crippen molar-refractivity contribution >= 4 is 44.1 Å². The monoisotopic (exact) mass is 442 g/mol. The van der Waals surface area contributed by atoms with E-state index in [2.05, 4.69) is 4.98 Å². The van der Waals surface area contributed by atoms with Gasteiger partial charge < -0.3 is 9.84 Å². The second-order valence-electron chi connectivity index (χ2n) is 7.24. The number of amides is 1. The summed E-state index contributed by atoms with van der Waals surface area (Å²) in [4.78, 5) is 32.5. The summed E-state index contributed by atoms with van der Waals surface area (Å²) >= 11 is 1.32. The molecule has 158 valence electrons. The molecule has 1 aliphatic heterocycles. The number of methoxy groups -OCH3 is 1. The Hall–Kier alpha value is -3.97. The van der Waals surface area contributed by atoms with E-state index in [0.29, 0.717) is 22.0 Å². The average molecular weight is 442 g/mol. The zero-order valence-electron chi connectivity index (χ0n) is 17.1. The van der Waals surface area contributed by atoms with Crippen molar-refractivity contribution in [2.75, 3.05) is 12.0 Å². The minimum Gasteiger partial charge on any atom is -0.507 e. The van der Waals surface area contributed by atoms with Crippen LogP contribution < -0.4 is 9.64 Å². The minimum absolute atomic E-state index is 0.00459. The highest BCUT2D eigenvalue weighted by Crippen LogP contribution is 2.46. The fraction of sp³-hybridized carbons (Fsp3) is 0.0800. The average Bonchev–Trinajstić information content (AvgIpc) is 3.37. The number of thiazole rings is 1. The lowest BCUT2D eigenvalue weighted by Crippen LogP contribution is -2.29. The van der Waals surface area contributed by atoms with Crippen LogP contribution in [0.2, 0.25) is 0 Å². The Labute approximate surface area is 188 Å². The van der Waals surface area contributed by atoms with Gasteiger partial charge in [0, 0.05) is 11.1 Å². The van der Waals surface area contributed by atoms with Gasteiger partial charge in [0.15, 0.2) is 5.13 Å². The normalized spacial score (nSPS) is 17.8. The van der Waals surface area contributed by atoms with Gasteiger partial charge in [0.05, 0.1) is 22.9 Å². The number of carbonyl (C=O) groups excluding carboxylic acids is 2. The number of hydrogen-bond donors (Lipinski definition) is 1. The lowest BCUT2D eigenvalue weighted by atomic mass is 9.95. The summed E-state index contributed by atoms with van der Waals surface area (Å²) in [7, 11) is 1.53. The highest BCUT2D eigenvalue weighted by Gasteiger charge is 2.49. The molecule has 0 saturated carbocycles. The lowest BCUT2D eigenvalue weighted by molar-refractivity contribution is -0.132. The van der Waals surface area contributed by atoms with Gasteiger partial charge in [-0.3, -0.25) is 14.5 Å². The van der Waals surface area contributed by atoms with E-state index in [0.717, 1.165) is 10.2 Å². The molecule has 4 aromatic rings. The third-order valence-electron chi connectivity index (χ3n) is 5.41. The molecule has 0 bridgehead atoms. The SMILES string of the molecule is COc1ccccc1C1C(=C(O)c2ccccc2)C(=O)C(=O)N1c1nc2ccccc2s1. The molecule has 32 heavy (non-hydrogen) atoms. The molecule has 0 spiro atoms. The highest BCUT2D eigenvalue weighted by atomic mass is 32.1. The molecule has 1 unspecified atom stereocenters. The first kappa shape index (κ1) is 20.0. The summed E-state index contributed by atoms with van der Waals surface area (Å²) < 4.78 is 6.43. The van der Waals surface area contributed by atoms with E-state index in [9.17, 15) is 14.7 Å². The minimum atomic E-state index is -0.882. The van der Waals surface area contributed by atoms with Crippen LogP contribution in [0.1, 0.15) is 17.2 Å². The summed E-state index contributed by atoms with van der Waals surface area (Å²) in [6.45, 7) is 0. The Morgan fingerprint density at radius 1 is 0.969 bits per heavy atom. The Morgan fingerprint density at radius 3 is 2.41 bits per heavy atom. The van der Waals surface area contributed by atoms with Crippen LogP contribution in [0.25, 0.3) is 16.0 Å². The Morgan fingerprint density at radius 2 is 1.66 bits per heavy atom. The Balaban J connectivity index is 1.77. The van der Waals surface area contributed by atoms with Crippen LogP contribution in [0.15, 0.2) is 84.4 Å². The quantitative estimate of drug-likeness (QED) is 0.275. The van der Waals surface area contributed by atoms with Crippen LogP contribution in [-0.2, 0) is 9.59 Å². The zero-order chi connectivity index (χ0) is 22.2. The van der Waals surface area contributed by atoms with Gasteiger partial charge >= 0.3 is 5.91 Å². The van der Waals surface area contributed by atoms with Crippen molar-refractivity contribution in [3.63, 3.8) is 0 Å². The number of fused-ring (bicyclic) bond motifs is 1. The van der Waals surface area contributed by atoms with Gasteiger partial charge in [-0.1, -0.05) is 72.0 Å². The Bertz CT molecular complexity index is 1340. The smallest absolute Gasteiger partial charge is 0.301 e. The molecule has 1 atom stereocenters. The number of ketones is 1. The van der Waals surface area contributed by atoms with Crippen LogP contribution in [0.5, 0.6) is 5.75 Å². The van der Waals surface area contributed by atoms with E-state index in [4.69, 9.17) is 4.74 Å². The highest BCUT2D eigenvalue weighted by molar-refractivity contribution is 7.22. The first-order valence-electron chi connectivity index (χ1n) is 9.95. The van der Waals surface area contributed by atoms with E-state index in [1.165, 1.54) is 23.3 Å². The number of hydrogen-bond acceptors (Lipinski definition) is 6. The predicted octanol–water partition coefficient (Wildman–Crippen LogP) is 4.93. The molecule has 1 saturated heterocycles. The maximum Gasteiger partial charge on any atom is 0.301 e. The molecule has 1 amide bonds. The standard InChI is InChI=1S/C25H18N2O4S/c1-31-18-13-7-5-11-16(18)21-20(22(28)15-9-3-2-4-10-15)23(29)24(30)27(21)25-26-17-12-6-8-14-19(17)32-25/h2-14,21,28H,1H3. The number of aliphatic hydroxyl groups is 1. The summed E-state index contributed by atoms with van der Waals surface area (Å²) in [5.74, 6) is -1.23. The number of benzene rings is 3. The fourth-order valence-electron chi connectivity index (χ4n) is 3.93. The maximum absolute atomic E-state index is 13.3. The first-order chi connectivity index (χ1) is 15.6. The van der Waals surface area contributed by atoms with Gasteiger partial charge in [-0.2, -0.15) is 0 Å². The molecular formula is C25H18N2O4S. The third kappa shape index (κ3) is 3.14. The fourth-order valence-corrected chi connectivity index (χ4v) is 4.92. The summed E-state index contributed by atoms with van der Waals surface area (Å²) in [6.07, 6.45) is 0. The van der Waals surface area contributed by atoms with Crippen molar-refractivity contribution in [2.45, 2.75) is 6.04 Å². The summed E-state index contributed by atoms with van der Waals surface area (Å²) in [6, 6.07) is 22.5. The van der Waals surface area contributed by atoms with Crippen LogP contribution in [-0.4, -0.2) is 28.9 Å². The summed E-state index contributed by atoms with van der Waals surface area (Å²) in [5.41, 5.74) is 1.78. The van der Waals surface area contributed by atoms with Crippen LogP contribution in [0, 0.1) is 0 Å². The van der Waals surface area contributed by atoms with Gasteiger partial charge in [-0.25, -0.2) is 4.98 Å². The molecule has 0 aliphatic carbocycles. The molecule has 7 heteroatoms. The van der Waals surface area contributed by atoms with E-state index in [-0.39, 0.29) is 11.3 Å². The van der Waals surface area contributed by atoms with E-state index >= 15 is 0 Å². The van der Waals surface area contributed by atoms with Crippen molar-refractivity contribution in [1.29, 1.82) is 0 Å². The number of para-hydroxylation sites is 2. The van der Waals surface area contributed by atoms with Crippen molar-refractivity contribution in [3.8, 4) is 5.75 Å². The number of nitrogens with zero attached hydrogens (tertiary/aromatic N) is 2. The van der Waals surface area contributed by atoms with Crippen molar-refractivity contribution in [1.82, 2.24) is 4.98 Å². The zero-order valence-corrected chi connectivity index (χ0v) is 17.9. The molecular weight excluding hydrogens is 424 g/mol. The van der Waals surface area contributed by atoms with Crippen molar-refractivity contribution < 1.29 is 19.4 Å². The number of Topliss-reactive ketones (excluding diaryl/α,β-unsaturated/α-hetero) is 1. The summed E-state index contributed by atoms with van der Waals surface area (Å²) in [5, 5.41) is 11.5. The maximum atomic E-state index is 13.3. The van der Waals surface area contributed by atoms with Gasteiger partial charge in [0.1, 0.15) is 17.6 Å². The van der Waals surface area contributed by atoms with Crippen molar-refractivity contribution in [3.05, 3.63) is 95.6 Å². The molecule has 5 rings (SSSR count). The number of carbonyl (C=O) groups is 2. The number of ether oxygens (including phenoxy) is 1. The molecule has 1 fully saturated rings. The molecule has 1 N–H and O–H groups in total. The predicted molar refractivity (Wildman–Crippen MR) is 124 cm³/mol. The molecule has 1 aromatic heterocycles. The number of anilines is 1. The third-order valence-corrected chi connectivity index (χ3v) is 6.45. The number of aromatic nitrogens is 1. The topological polar surface area (TPSA) is 79.7 Å². The second-order valence-corrected chi connectivity index (χ2v) is 8.25. The van der Waals surface area contributed by atoms with E-state index < -0.39 is 17.7 Å². The second kappa shape index (κ2) is 7.94. The number of aliphatic hydroxyl groups excluding tert-OH is 1. The van der Waals surface area contributed by atoms with E-state index in [1.54, 1.807) is 42.5 Å².